The number of benzene rings is 3. The Balaban J connectivity index is 0.925. The van der Waals surface area contributed by atoms with Gasteiger partial charge in [-0.25, -0.2) is 9.37 Å². The number of aromatic nitrogens is 4. The van der Waals surface area contributed by atoms with E-state index in [9.17, 15) is 29.4 Å². The molecule has 2 aliphatic rings. The van der Waals surface area contributed by atoms with Gasteiger partial charge in [-0.15, -0.1) is 32.9 Å². The van der Waals surface area contributed by atoms with Crippen LogP contribution in [0.2, 0.25) is 0 Å². The summed E-state index contributed by atoms with van der Waals surface area (Å²) in [5, 5.41) is 36.0. The molecule has 18 heteroatoms. The standard InChI is InChI=1S/C51H55FN8O7S2/c1-25-29(5)69-49-41(25)43(56-42(26(2)50(65)66)46-58-57-30(6)60(46)49)33-14-12-32(13-15-33)35-18-19-39(37(52)20-35)67-23-40(62)55-45(51(7,8)9)48(64)59-22-36(61)21-38(59)47(63)54-27(3)31-10-16-34(17-11-31)44-28(4)53-24-68-44/h10-20,24,26-27,36,38,42,45,61H,21-23H2,1-9H3,(H,54,63)(H,55,62)(H,65,66)/t26?,27-,36+,38-,42-,45+/m0/s1. The SMILES string of the molecule is Cc1ncsc1-c1ccc([C@H](C)NC(=O)[C@@H]2C[C@@H](O)CN2C(=O)[C@@H](NC(=O)COc2ccc(-c3ccc(C4=N[C@@H](C(C)C(=O)O)c5nnc(C)n5-c5sc(C)c(C)c54)cc3)cc2F)C(C)(C)C)cc1. The lowest BCUT2D eigenvalue weighted by atomic mass is 9.85. The zero-order valence-electron chi connectivity index (χ0n) is 39.8. The molecule has 6 aromatic rings. The first-order valence-corrected chi connectivity index (χ1v) is 24.4. The lowest BCUT2D eigenvalue weighted by molar-refractivity contribution is -0.144. The maximum absolute atomic E-state index is 15.7. The summed E-state index contributed by atoms with van der Waals surface area (Å²) in [5.41, 5.74) is 8.29. The predicted molar refractivity (Wildman–Crippen MR) is 262 cm³/mol. The molecule has 0 radical (unpaired) electrons. The Labute approximate surface area is 407 Å². The number of aliphatic hydroxyl groups is 1. The summed E-state index contributed by atoms with van der Waals surface area (Å²) in [6, 6.07) is 16.4. The van der Waals surface area contributed by atoms with E-state index in [2.05, 4.69) is 25.8 Å². The van der Waals surface area contributed by atoms with Crippen LogP contribution in [0.4, 0.5) is 4.39 Å². The van der Waals surface area contributed by atoms with Gasteiger partial charge in [-0.1, -0.05) is 75.4 Å². The molecule has 15 nitrogen and oxygen atoms in total. The minimum absolute atomic E-state index is 0.0332. The van der Waals surface area contributed by atoms with Crippen molar-refractivity contribution in [3.05, 3.63) is 123 Å². The summed E-state index contributed by atoms with van der Waals surface area (Å²) in [5.74, 6) is -3.33. The van der Waals surface area contributed by atoms with Gasteiger partial charge < -0.3 is 30.5 Å². The molecule has 1 fully saturated rings. The number of rotatable bonds is 13. The molecule has 0 aliphatic carbocycles. The van der Waals surface area contributed by atoms with E-state index in [1.807, 2.05) is 87.7 Å². The van der Waals surface area contributed by atoms with E-state index in [-0.39, 0.29) is 18.7 Å². The molecule has 0 saturated carbocycles. The number of carbonyl (C=O) groups is 4. The number of likely N-dealkylation sites (tertiary alicyclic amines) is 1. The van der Waals surface area contributed by atoms with Crippen LogP contribution in [0.15, 0.2) is 77.2 Å². The number of halogens is 1. The highest BCUT2D eigenvalue weighted by Gasteiger charge is 2.45. The lowest BCUT2D eigenvalue weighted by Gasteiger charge is -2.35. The number of carboxylic acid groups (broad SMARTS) is 1. The molecule has 3 aromatic heterocycles. The largest absolute Gasteiger partial charge is 0.481 e. The highest BCUT2D eigenvalue weighted by atomic mass is 32.1. The summed E-state index contributed by atoms with van der Waals surface area (Å²) >= 11 is 3.12. The minimum Gasteiger partial charge on any atom is -0.481 e. The molecule has 3 amide bonds. The summed E-state index contributed by atoms with van der Waals surface area (Å²) in [4.78, 5) is 66.5. The van der Waals surface area contributed by atoms with Gasteiger partial charge in [0.1, 0.15) is 29.0 Å². The second-order valence-electron chi connectivity index (χ2n) is 18.8. The number of nitrogens with one attached hydrogen (secondary N) is 2. The number of fused-ring (bicyclic) bond motifs is 3. The number of nitrogens with zero attached hydrogens (tertiary/aromatic N) is 6. The van der Waals surface area contributed by atoms with E-state index in [1.165, 1.54) is 17.0 Å². The van der Waals surface area contributed by atoms with Crippen molar-refractivity contribution in [2.45, 2.75) is 99.0 Å². The summed E-state index contributed by atoms with van der Waals surface area (Å²) in [7, 11) is 0. The van der Waals surface area contributed by atoms with Gasteiger partial charge in [0.15, 0.2) is 24.0 Å². The Morgan fingerprint density at radius 3 is 2.22 bits per heavy atom. The van der Waals surface area contributed by atoms with E-state index in [4.69, 9.17) is 9.73 Å². The van der Waals surface area contributed by atoms with E-state index in [0.29, 0.717) is 28.5 Å². The first-order chi connectivity index (χ1) is 32.7. The molecule has 1 unspecified atom stereocenters. The van der Waals surface area contributed by atoms with Gasteiger partial charge in [-0.2, -0.15) is 0 Å². The van der Waals surface area contributed by atoms with Gasteiger partial charge in [-0.05, 0) is 86.9 Å². The first kappa shape index (κ1) is 48.8. The number of ether oxygens (including phenoxy) is 1. The minimum atomic E-state index is -1.11. The summed E-state index contributed by atoms with van der Waals surface area (Å²) < 4.78 is 23.2. The van der Waals surface area contributed by atoms with Gasteiger partial charge in [0.05, 0.1) is 39.9 Å². The fourth-order valence-corrected chi connectivity index (χ4v) is 10.8. The summed E-state index contributed by atoms with van der Waals surface area (Å²) in [6.07, 6.45) is -0.911. The van der Waals surface area contributed by atoms with Gasteiger partial charge in [0.25, 0.3) is 5.91 Å². The lowest BCUT2D eigenvalue weighted by Crippen LogP contribution is -2.58. The number of hydrogen-bond acceptors (Lipinski definition) is 12. The van der Waals surface area contributed by atoms with Crippen molar-refractivity contribution in [1.29, 1.82) is 0 Å². The Hall–Kier alpha value is -6.63. The number of hydrogen-bond donors (Lipinski definition) is 4. The van der Waals surface area contributed by atoms with Crippen LogP contribution < -0.4 is 15.4 Å². The molecule has 0 spiro atoms. The van der Waals surface area contributed by atoms with Gasteiger partial charge in [-0.3, -0.25) is 28.7 Å². The van der Waals surface area contributed by atoms with Crippen LogP contribution >= 0.6 is 22.7 Å². The third kappa shape index (κ3) is 9.83. The monoisotopic (exact) mass is 974 g/mol. The van der Waals surface area contributed by atoms with Crippen LogP contribution in [0, 0.1) is 44.8 Å². The van der Waals surface area contributed by atoms with Crippen LogP contribution in [-0.4, -0.2) is 95.6 Å². The van der Waals surface area contributed by atoms with Crippen LogP contribution in [0.25, 0.3) is 26.6 Å². The maximum atomic E-state index is 15.7. The fraction of sp³-hybridized carbons (Fsp3) is 0.373. The molecule has 0 bridgehead atoms. The van der Waals surface area contributed by atoms with Crippen molar-refractivity contribution in [3.8, 4) is 32.3 Å². The molecule has 69 heavy (non-hydrogen) atoms. The van der Waals surface area contributed by atoms with E-state index < -0.39 is 77.7 Å². The molecule has 8 rings (SSSR count). The second kappa shape index (κ2) is 19.4. The number of thiazole rings is 1. The Morgan fingerprint density at radius 1 is 0.913 bits per heavy atom. The number of amides is 3. The van der Waals surface area contributed by atoms with Crippen LogP contribution in [0.5, 0.6) is 5.75 Å². The number of carboxylic acids is 1. The predicted octanol–water partition coefficient (Wildman–Crippen LogP) is 7.85. The van der Waals surface area contributed by atoms with Crippen molar-refractivity contribution >= 4 is 52.1 Å². The highest BCUT2D eigenvalue weighted by molar-refractivity contribution is 7.15. The Bertz CT molecular complexity index is 2970. The first-order valence-electron chi connectivity index (χ1n) is 22.7. The number of aryl methyl sites for hydroxylation is 3. The molecule has 3 aromatic carbocycles. The maximum Gasteiger partial charge on any atom is 0.308 e. The number of β-amino-alcohol motifs (C(OH)–C–C–N with tert-alkyl or cyclic N) is 1. The summed E-state index contributed by atoms with van der Waals surface area (Å²) in [6.45, 7) is 15.9. The highest BCUT2D eigenvalue weighted by Crippen LogP contribution is 2.41. The van der Waals surface area contributed by atoms with Gasteiger partial charge in [0, 0.05) is 29.0 Å². The molecule has 1 saturated heterocycles. The van der Waals surface area contributed by atoms with Gasteiger partial charge >= 0.3 is 5.97 Å². The number of aliphatic carboxylic acids is 1. The normalized spacial score (nSPS) is 18.0. The Morgan fingerprint density at radius 2 is 1.58 bits per heavy atom. The average Bonchev–Trinajstić information content (AvgIpc) is 4.08. The molecule has 5 heterocycles. The molecule has 2 aliphatic heterocycles. The van der Waals surface area contributed by atoms with E-state index in [0.717, 1.165) is 48.3 Å². The van der Waals surface area contributed by atoms with E-state index >= 15 is 4.39 Å². The van der Waals surface area contributed by atoms with Crippen LogP contribution in [-0.2, 0) is 19.2 Å². The van der Waals surface area contributed by atoms with E-state index in [1.54, 1.807) is 61.9 Å². The van der Waals surface area contributed by atoms with Gasteiger partial charge in [0.2, 0.25) is 11.8 Å². The molecular formula is C51H55FN8O7S2. The molecule has 6 atom stereocenters. The second-order valence-corrected chi connectivity index (χ2v) is 20.9. The number of aliphatic hydroxyl groups excluding tert-OH is 1. The van der Waals surface area contributed by atoms with Crippen molar-refractivity contribution < 1.29 is 38.5 Å². The number of carbonyl (C=O) groups excluding carboxylic acids is 3. The van der Waals surface area contributed by atoms with Crippen molar-refractivity contribution in [2.24, 2.45) is 16.3 Å². The van der Waals surface area contributed by atoms with Crippen molar-refractivity contribution in [3.63, 3.8) is 0 Å². The zero-order chi connectivity index (χ0) is 49.6. The third-order valence-electron chi connectivity index (χ3n) is 12.9. The van der Waals surface area contributed by atoms with Crippen molar-refractivity contribution in [1.82, 2.24) is 35.3 Å². The zero-order valence-corrected chi connectivity index (χ0v) is 41.5. The van der Waals surface area contributed by atoms with Crippen LogP contribution in [0.1, 0.15) is 97.6 Å². The van der Waals surface area contributed by atoms with Crippen LogP contribution in [0.3, 0.4) is 0 Å². The number of thiophene rings is 1. The quantitative estimate of drug-likeness (QED) is 0.0883. The molecule has 4 N–H and O–H groups in total. The third-order valence-corrected chi connectivity index (χ3v) is 15.1. The topological polar surface area (TPSA) is 201 Å². The molecule has 360 valence electrons. The average molecular weight is 975 g/mol. The Kier molecular flexibility index (Phi) is 13.7. The van der Waals surface area contributed by atoms with Crippen molar-refractivity contribution in [2.75, 3.05) is 13.2 Å². The smallest absolute Gasteiger partial charge is 0.308 e. The fourth-order valence-electron chi connectivity index (χ4n) is 8.80. The molecular weight excluding hydrogens is 920 g/mol. The number of aliphatic imine (C=N–C) groups is 1.